The lowest BCUT2D eigenvalue weighted by molar-refractivity contribution is -0.146. The Labute approximate surface area is 230 Å². The number of allylic oxidation sites excluding steroid dienone is 3. The lowest BCUT2D eigenvalue weighted by atomic mass is 9.71. The maximum Gasteiger partial charge on any atom is 0.337 e. The van der Waals surface area contributed by atoms with Crippen molar-refractivity contribution in [2.24, 2.45) is 0 Å². The van der Waals surface area contributed by atoms with E-state index in [0.717, 1.165) is 42.5 Å². The van der Waals surface area contributed by atoms with Crippen LogP contribution in [0.2, 0.25) is 0 Å². The first-order chi connectivity index (χ1) is 18.9. The molecule has 5 rings (SSSR count). The second-order valence-corrected chi connectivity index (χ2v) is 10.6. The topological polar surface area (TPSA) is 83.1 Å². The number of rotatable bonds is 7. The number of hydrogen-bond donors (Lipinski definition) is 1. The summed E-state index contributed by atoms with van der Waals surface area (Å²) in [6.45, 7) is 1.89. The van der Waals surface area contributed by atoms with Crippen molar-refractivity contribution in [3.05, 3.63) is 76.1 Å². The predicted molar refractivity (Wildman–Crippen MR) is 148 cm³/mol. The highest BCUT2D eigenvalue weighted by molar-refractivity contribution is 6.04. The van der Waals surface area contributed by atoms with Crippen LogP contribution in [-0.4, -0.2) is 39.2 Å². The molecule has 1 fully saturated rings. The van der Waals surface area contributed by atoms with Crippen molar-refractivity contribution in [1.29, 1.82) is 0 Å². The van der Waals surface area contributed by atoms with Gasteiger partial charge < -0.3 is 24.3 Å². The molecule has 2 unspecified atom stereocenters. The van der Waals surface area contributed by atoms with Gasteiger partial charge in [0.15, 0.2) is 17.3 Å². The number of esters is 1. The summed E-state index contributed by atoms with van der Waals surface area (Å²) in [7, 11) is 4.67. The van der Waals surface area contributed by atoms with Gasteiger partial charge in [0.05, 0.1) is 26.9 Å². The van der Waals surface area contributed by atoms with Crippen molar-refractivity contribution in [1.82, 2.24) is 5.32 Å². The van der Waals surface area contributed by atoms with Gasteiger partial charge in [0, 0.05) is 29.3 Å². The van der Waals surface area contributed by atoms with Gasteiger partial charge in [0.25, 0.3) is 0 Å². The van der Waals surface area contributed by atoms with Gasteiger partial charge in [-0.05, 0) is 68.2 Å². The molecule has 2 aromatic carbocycles. The van der Waals surface area contributed by atoms with E-state index in [2.05, 4.69) is 17.4 Å². The molecular formula is C32H37NO6. The van der Waals surface area contributed by atoms with Gasteiger partial charge >= 0.3 is 5.97 Å². The summed E-state index contributed by atoms with van der Waals surface area (Å²) < 4.78 is 22.9. The lowest BCUT2D eigenvalue weighted by Crippen LogP contribution is -2.37. The Morgan fingerprint density at radius 3 is 2.15 bits per heavy atom. The summed E-state index contributed by atoms with van der Waals surface area (Å²) in [6.07, 6.45) is 5.95. The van der Waals surface area contributed by atoms with E-state index in [4.69, 9.17) is 18.9 Å². The number of Topliss-reactive ketones (excluding diaryl/α,β-unsaturated/α-hetero) is 1. The number of dihydropyridines is 1. The number of methoxy groups -OCH3 is 3. The molecule has 0 spiro atoms. The van der Waals surface area contributed by atoms with E-state index in [1.54, 1.807) is 21.3 Å². The number of ether oxygens (including phenoxy) is 4. The number of nitrogens with one attached hydrogen (secondary N) is 1. The Balaban J connectivity index is 1.61. The largest absolute Gasteiger partial charge is 0.493 e. The second kappa shape index (κ2) is 11.6. The highest BCUT2D eigenvalue weighted by Gasteiger charge is 2.42. The van der Waals surface area contributed by atoms with Crippen LogP contribution in [-0.2, 0) is 14.3 Å². The standard InChI is InChI=1S/C32H37NO6/c1-19-28(32(35)39-23-13-9-6-10-14-23)29(22-17-26(36-2)31(38-4)27(18-22)37-3)30-24(33-19)15-21(16-25(30)34)20-11-7-5-8-12-20/h5,7-8,11-12,17-18,21,23,29,33H,6,9-10,13-16H2,1-4H3. The molecule has 0 aromatic heterocycles. The summed E-state index contributed by atoms with van der Waals surface area (Å²) >= 11 is 0. The molecule has 1 N–H and O–H groups in total. The first-order valence-corrected chi connectivity index (χ1v) is 13.7. The maximum atomic E-state index is 13.9. The van der Waals surface area contributed by atoms with Gasteiger partial charge in [-0.25, -0.2) is 4.79 Å². The molecule has 3 aliphatic rings. The van der Waals surface area contributed by atoms with E-state index < -0.39 is 5.92 Å². The SMILES string of the molecule is COc1cc(C2C(C(=O)OC3CCCCC3)=C(C)NC3=C2C(=O)CC(c2ccccc2)C3)cc(OC)c1OC. The minimum absolute atomic E-state index is 0.0202. The zero-order valence-electron chi connectivity index (χ0n) is 23.2. The molecule has 1 aliphatic heterocycles. The van der Waals surface area contributed by atoms with Crippen molar-refractivity contribution in [2.45, 2.75) is 69.8 Å². The summed E-state index contributed by atoms with van der Waals surface area (Å²) in [5.41, 5.74) is 4.48. The maximum absolute atomic E-state index is 13.9. The van der Waals surface area contributed by atoms with Crippen LogP contribution >= 0.6 is 0 Å². The van der Waals surface area contributed by atoms with Crippen molar-refractivity contribution in [3.63, 3.8) is 0 Å². The Morgan fingerprint density at radius 2 is 1.54 bits per heavy atom. The third-order valence-corrected chi connectivity index (χ3v) is 8.16. The van der Waals surface area contributed by atoms with E-state index in [1.165, 1.54) is 6.42 Å². The van der Waals surface area contributed by atoms with Crippen LogP contribution in [0.4, 0.5) is 0 Å². The lowest BCUT2D eigenvalue weighted by Gasteiger charge is -2.37. The van der Waals surface area contributed by atoms with E-state index in [0.29, 0.717) is 46.9 Å². The molecule has 1 heterocycles. The van der Waals surface area contributed by atoms with Crippen LogP contribution in [0.3, 0.4) is 0 Å². The fourth-order valence-corrected chi connectivity index (χ4v) is 6.27. The van der Waals surface area contributed by atoms with Gasteiger partial charge in [-0.1, -0.05) is 36.8 Å². The fraction of sp³-hybridized carbons (Fsp3) is 0.438. The molecular weight excluding hydrogens is 494 g/mol. The average molecular weight is 532 g/mol. The van der Waals surface area contributed by atoms with Crippen LogP contribution in [0.25, 0.3) is 0 Å². The molecule has 2 atom stereocenters. The molecule has 1 saturated carbocycles. The van der Waals surface area contributed by atoms with E-state index in [1.807, 2.05) is 37.3 Å². The van der Waals surface area contributed by atoms with Gasteiger partial charge in [-0.15, -0.1) is 0 Å². The Hall–Kier alpha value is -3.74. The van der Waals surface area contributed by atoms with E-state index >= 15 is 0 Å². The number of carbonyl (C=O) groups is 2. The predicted octanol–water partition coefficient (Wildman–Crippen LogP) is 5.95. The van der Waals surface area contributed by atoms with E-state index in [9.17, 15) is 9.59 Å². The molecule has 0 bridgehead atoms. The van der Waals surface area contributed by atoms with Gasteiger partial charge in [0.2, 0.25) is 5.75 Å². The molecule has 0 radical (unpaired) electrons. The third kappa shape index (κ3) is 5.27. The normalized spacial score (nSPS) is 21.7. The average Bonchev–Trinajstić information content (AvgIpc) is 2.96. The van der Waals surface area contributed by atoms with Gasteiger partial charge in [0.1, 0.15) is 6.10 Å². The van der Waals surface area contributed by atoms with Crippen LogP contribution < -0.4 is 19.5 Å². The minimum Gasteiger partial charge on any atom is -0.493 e. The Kier molecular flexibility index (Phi) is 7.96. The summed E-state index contributed by atoms with van der Waals surface area (Å²) in [6, 6.07) is 13.8. The monoisotopic (exact) mass is 531 g/mol. The van der Waals surface area contributed by atoms with Crippen LogP contribution in [0, 0.1) is 0 Å². The van der Waals surface area contributed by atoms with Crippen molar-refractivity contribution in [2.75, 3.05) is 21.3 Å². The molecule has 206 valence electrons. The smallest absolute Gasteiger partial charge is 0.337 e. The van der Waals surface area contributed by atoms with Crippen LogP contribution in [0.15, 0.2) is 65.0 Å². The van der Waals surface area contributed by atoms with E-state index in [-0.39, 0.29) is 23.8 Å². The van der Waals surface area contributed by atoms with Crippen molar-refractivity contribution in [3.8, 4) is 17.2 Å². The first kappa shape index (κ1) is 26.9. The molecule has 7 nitrogen and oxygen atoms in total. The van der Waals surface area contributed by atoms with Crippen LogP contribution in [0.5, 0.6) is 17.2 Å². The quantitative estimate of drug-likeness (QED) is 0.442. The van der Waals surface area contributed by atoms with Gasteiger partial charge in [-0.3, -0.25) is 4.79 Å². The van der Waals surface area contributed by atoms with Crippen molar-refractivity contribution >= 4 is 11.8 Å². The van der Waals surface area contributed by atoms with Crippen LogP contribution in [0.1, 0.15) is 74.8 Å². The molecule has 0 amide bonds. The minimum atomic E-state index is -0.615. The fourth-order valence-electron chi connectivity index (χ4n) is 6.27. The second-order valence-electron chi connectivity index (χ2n) is 10.6. The number of hydrogen-bond acceptors (Lipinski definition) is 7. The zero-order valence-corrected chi connectivity index (χ0v) is 23.2. The summed E-state index contributed by atoms with van der Waals surface area (Å²) in [5.74, 6) is 0.482. The van der Waals surface area contributed by atoms with Crippen molar-refractivity contribution < 1.29 is 28.5 Å². The molecule has 0 saturated heterocycles. The molecule has 2 aliphatic carbocycles. The molecule has 39 heavy (non-hydrogen) atoms. The van der Waals surface area contributed by atoms with Gasteiger partial charge in [-0.2, -0.15) is 0 Å². The summed E-state index contributed by atoms with van der Waals surface area (Å²) in [4.78, 5) is 27.8. The number of benzene rings is 2. The Bertz CT molecular complexity index is 1280. The molecule has 7 heteroatoms. The zero-order chi connectivity index (χ0) is 27.5. The Morgan fingerprint density at radius 1 is 0.872 bits per heavy atom. The number of carbonyl (C=O) groups excluding carboxylic acids is 2. The first-order valence-electron chi connectivity index (χ1n) is 13.7. The summed E-state index contributed by atoms with van der Waals surface area (Å²) in [5, 5.41) is 3.45. The number of ketones is 1. The highest BCUT2D eigenvalue weighted by atomic mass is 16.5. The third-order valence-electron chi connectivity index (χ3n) is 8.16. The molecule has 2 aromatic rings. The highest BCUT2D eigenvalue weighted by Crippen LogP contribution is 2.49.